The summed E-state index contributed by atoms with van der Waals surface area (Å²) in [7, 11) is 0. The summed E-state index contributed by atoms with van der Waals surface area (Å²) in [6.45, 7) is 2.60. The minimum absolute atomic E-state index is 0.143. The van der Waals surface area contributed by atoms with Crippen LogP contribution >= 0.6 is 23.2 Å². The largest absolute Gasteiger partial charge is 0.460 e. The Bertz CT molecular complexity index is 641. The third-order valence-electron chi connectivity index (χ3n) is 2.76. The highest BCUT2D eigenvalue weighted by Crippen LogP contribution is 2.29. The van der Waals surface area contributed by atoms with E-state index < -0.39 is 5.97 Å². The SMILES string of the molecule is Cc1nccn1CCOC(=O)c1cc(N)cc(Cl)c1Cl. The van der Waals surface area contributed by atoms with Crippen LogP contribution in [0.5, 0.6) is 0 Å². The fourth-order valence-corrected chi connectivity index (χ4v) is 2.13. The third-order valence-corrected chi connectivity index (χ3v) is 3.56. The lowest BCUT2D eigenvalue weighted by atomic mass is 10.2. The standard InChI is InChI=1S/C13H13Cl2N3O2/c1-8-17-2-3-18(8)4-5-20-13(19)10-6-9(16)7-11(14)12(10)15/h2-3,6-7H,4-5,16H2,1H3. The van der Waals surface area contributed by atoms with E-state index in [4.69, 9.17) is 33.7 Å². The fraction of sp³-hybridized carbons (Fsp3) is 0.231. The minimum Gasteiger partial charge on any atom is -0.460 e. The Morgan fingerprint density at radius 3 is 2.85 bits per heavy atom. The van der Waals surface area contributed by atoms with Crippen molar-refractivity contribution in [2.45, 2.75) is 13.5 Å². The molecule has 2 rings (SSSR count). The molecule has 0 aliphatic heterocycles. The van der Waals surface area contributed by atoms with Gasteiger partial charge in [-0.2, -0.15) is 0 Å². The topological polar surface area (TPSA) is 70.1 Å². The number of carbonyl (C=O) groups excluding carboxylic acids is 1. The van der Waals surface area contributed by atoms with Gasteiger partial charge in [-0.1, -0.05) is 23.2 Å². The van der Waals surface area contributed by atoms with Gasteiger partial charge in [-0.15, -0.1) is 0 Å². The van der Waals surface area contributed by atoms with Crippen LogP contribution in [-0.4, -0.2) is 22.1 Å². The molecule has 1 aromatic heterocycles. The number of nitrogens with two attached hydrogens (primary N) is 1. The van der Waals surface area contributed by atoms with Gasteiger partial charge in [0.25, 0.3) is 0 Å². The number of aryl methyl sites for hydroxylation is 1. The molecule has 1 heterocycles. The summed E-state index contributed by atoms with van der Waals surface area (Å²) < 4.78 is 7.04. The summed E-state index contributed by atoms with van der Waals surface area (Å²) in [6.07, 6.45) is 3.50. The van der Waals surface area contributed by atoms with Gasteiger partial charge in [0.15, 0.2) is 0 Å². The first kappa shape index (κ1) is 14.7. The molecule has 106 valence electrons. The number of anilines is 1. The predicted octanol–water partition coefficient (Wildman–Crippen LogP) is 2.94. The summed E-state index contributed by atoms with van der Waals surface area (Å²) in [4.78, 5) is 16.0. The van der Waals surface area contributed by atoms with Crippen LogP contribution in [0.25, 0.3) is 0 Å². The Hall–Kier alpha value is -1.72. The van der Waals surface area contributed by atoms with E-state index in [2.05, 4.69) is 4.98 Å². The second kappa shape index (κ2) is 6.15. The molecule has 20 heavy (non-hydrogen) atoms. The first-order chi connectivity index (χ1) is 9.49. The molecule has 0 atom stereocenters. The minimum atomic E-state index is -0.554. The quantitative estimate of drug-likeness (QED) is 0.696. The lowest BCUT2D eigenvalue weighted by Crippen LogP contribution is -2.12. The van der Waals surface area contributed by atoms with E-state index in [1.165, 1.54) is 12.1 Å². The maximum Gasteiger partial charge on any atom is 0.339 e. The number of nitrogens with zero attached hydrogens (tertiary/aromatic N) is 2. The zero-order chi connectivity index (χ0) is 14.7. The highest BCUT2D eigenvalue weighted by atomic mass is 35.5. The molecule has 7 heteroatoms. The van der Waals surface area contributed by atoms with Crippen LogP contribution in [0.2, 0.25) is 10.0 Å². The Labute approximate surface area is 126 Å². The van der Waals surface area contributed by atoms with E-state index in [1.807, 2.05) is 17.7 Å². The molecule has 0 aliphatic rings. The highest BCUT2D eigenvalue weighted by molar-refractivity contribution is 6.44. The van der Waals surface area contributed by atoms with Crippen molar-refractivity contribution in [2.24, 2.45) is 0 Å². The number of imidazole rings is 1. The smallest absolute Gasteiger partial charge is 0.339 e. The fourth-order valence-electron chi connectivity index (χ4n) is 1.71. The summed E-state index contributed by atoms with van der Waals surface area (Å²) in [5.74, 6) is 0.299. The van der Waals surface area contributed by atoms with Gasteiger partial charge in [-0.25, -0.2) is 9.78 Å². The van der Waals surface area contributed by atoms with Crippen LogP contribution in [0, 0.1) is 6.92 Å². The van der Waals surface area contributed by atoms with Crippen molar-refractivity contribution in [3.8, 4) is 0 Å². The molecule has 0 fully saturated rings. The van der Waals surface area contributed by atoms with Crippen molar-refractivity contribution in [3.63, 3.8) is 0 Å². The predicted molar refractivity (Wildman–Crippen MR) is 78.1 cm³/mol. The van der Waals surface area contributed by atoms with Gasteiger partial charge >= 0.3 is 5.97 Å². The summed E-state index contributed by atoms with van der Waals surface area (Å²) in [6, 6.07) is 2.93. The molecule has 2 N–H and O–H groups in total. The average Bonchev–Trinajstić information content (AvgIpc) is 2.79. The number of ether oxygens (including phenoxy) is 1. The van der Waals surface area contributed by atoms with E-state index >= 15 is 0 Å². The molecule has 0 bridgehead atoms. The Morgan fingerprint density at radius 2 is 2.20 bits per heavy atom. The van der Waals surface area contributed by atoms with Gasteiger partial charge < -0.3 is 15.0 Å². The molecule has 0 saturated heterocycles. The molecule has 0 radical (unpaired) electrons. The van der Waals surface area contributed by atoms with Gasteiger partial charge in [0, 0.05) is 18.1 Å². The average molecular weight is 314 g/mol. The Kier molecular flexibility index (Phi) is 4.52. The van der Waals surface area contributed by atoms with E-state index in [1.54, 1.807) is 6.20 Å². The van der Waals surface area contributed by atoms with Crippen molar-refractivity contribution in [1.29, 1.82) is 0 Å². The maximum absolute atomic E-state index is 11.9. The van der Waals surface area contributed by atoms with Crippen molar-refractivity contribution in [3.05, 3.63) is 46.0 Å². The molecule has 1 aromatic carbocycles. The molecule has 5 nitrogen and oxygen atoms in total. The number of nitrogen functional groups attached to an aromatic ring is 1. The van der Waals surface area contributed by atoms with E-state index in [-0.39, 0.29) is 22.2 Å². The number of carbonyl (C=O) groups is 1. The normalized spacial score (nSPS) is 10.6. The zero-order valence-corrected chi connectivity index (χ0v) is 12.3. The highest BCUT2D eigenvalue weighted by Gasteiger charge is 2.15. The van der Waals surface area contributed by atoms with Crippen LogP contribution in [0.1, 0.15) is 16.2 Å². The summed E-state index contributed by atoms with van der Waals surface area (Å²) in [5.41, 5.74) is 6.15. The van der Waals surface area contributed by atoms with Gasteiger partial charge in [-0.3, -0.25) is 0 Å². The number of hydrogen-bond donors (Lipinski definition) is 1. The van der Waals surface area contributed by atoms with Crippen molar-refractivity contribution >= 4 is 34.9 Å². The second-order valence-electron chi connectivity index (χ2n) is 4.17. The van der Waals surface area contributed by atoms with E-state index in [0.717, 1.165) is 5.82 Å². The molecule has 0 saturated carbocycles. The summed E-state index contributed by atoms with van der Waals surface area (Å²) in [5, 5.41) is 0.369. The number of halogens is 2. The summed E-state index contributed by atoms with van der Waals surface area (Å²) >= 11 is 11.8. The van der Waals surface area contributed by atoms with Gasteiger partial charge in [0.1, 0.15) is 12.4 Å². The van der Waals surface area contributed by atoms with E-state index in [9.17, 15) is 4.79 Å². The third kappa shape index (κ3) is 3.23. The molecule has 0 aliphatic carbocycles. The van der Waals surface area contributed by atoms with Crippen LogP contribution in [0.4, 0.5) is 5.69 Å². The molecule has 0 amide bonds. The van der Waals surface area contributed by atoms with Gasteiger partial charge in [0.2, 0.25) is 0 Å². The van der Waals surface area contributed by atoms with Crippen LogP contribution < -0.4 is 5.73 Å². The van der Waals surface area contributed by atoms with Gasteiger partial charge in [-0.05, 0) is 19.1 Å². The first-order valence-electron chi connectivity index (χ1n) is 5.88. The van der Waals surface area contributed by atoms with Crippen molar-refractivity contribution in [1.82, 2.24) is 9.55 Å². The number of aromatic nitrogens is 2. The molecule has 0 spiro atoms. The van der Waals surface area contributed by atoms with E-state index in [0.29, 0.717) is 12.2 Å². The lowest BCUT2D eigenvalue weighted by Gasteiger charge is -2.09. The van der Waals surface area contributed by atoms with Crippen LogP contribution in [0.3, 0.4) is 0 Å². The monoisotopic (exact) mass is 313 g/mol. The number of benzene rings is 1. The van der Waals surface area contributed by atoms with Crippen molar-refractivity contribution in [2.75, 3.05) is 12.3 Å². The maximum atomic E-state index is 11.9. The second-order valence-corrected chi connectivity index (χ2v) is 4.95. The number of hydrogen-bond acceptors (Lipinski definition) is 4. The van der Waals surface area contributed by atoms with Crippen LogP contribution in [0.15, 0.2) is 24.5 Å². The van der Waals surface area contributed by atoms with Gasteiger partial charge in [0.05, 0.1) is 22.2 Å². The molecular formula is C13H13Cl2N3O2. The molecular weight excluding hydrogens is 301 g/mol. The first-order valence-corrected chi connectivity index (χ1v) is 6.64. The van der Waals surface area contributed by atoms with Crippen LogP contribution in [-0.2, 0) is 11.3 Å². The Balaban J connectivity index is 2.01. The Morgan fingerprint density at radius 1 is 1.45 bits per heavy atom. The van der Waals surface area contributed by atoms with Crippen molar-refractivity contribution < 1.29 is 9.53 Å². The molecule has 2 aromatic rings. The number of esters is 1. The zero-order valence-electron chi connectivity index (χ0n) is 10.8. The molecule has 0 unspecified atom stereocenters. The number of rotatable bonds is 4. The lowest BCUT2D eigenvalue weighted by molar-refractivity contribution is 0.0491.